The van der Waals surface area contributed by atoms with Crippen LogP contribution < -0.4 is 5.32 Å². The zero-order valence-corrected chi connectivity index (χ0v) is 11.5. The topological polar surface area (TPSA) is 69.6 Å². The van der Waals surface area contributed by atoms with Gasteiger partial charge in [-0.2, -0.15) is 0 Å². The average molecular weight is 256 g/mol. The lowest BCUT2D eigenvalue weighted by atomic mass is 9.85. The second kappa shape index (κ2) is 6.07. The fourth-order valence-corrected chi connectivity index (χ4v) is 2.07. The van der Waals surface area contributed by atoms with Crippen LogP contribution in [-0.4, -0.2) is 41.6 Å². The molecule has 5 nitrogen and oxygen atoms in total. The summed E-state index contributed by atoms with van der Waals surface area (Å²) in [7, 11) is 0. The van der Waals surface area contributed by atoms with Crippen LogP contribution in [0.1, 0.15) is 40.0 Å². The van der Waals surface area contributed by atoms with Crippen LogP contribution in [0.15, 0.2) is 0 Å². The molecule has 0 aliphatic carbocycles. The van der Waals surface area contributed by atoms with Crippen LogP contribution in [0.4, 0.5) is 4.79 Å². The summed E-state index contributed by atoms with van der Waals surface area (Å²) in [6.07, 6.45) is 3.13. The van der Waals surface area contributed by atoms with Crippen LogP contribution in [0.5, 0.6) is 0 Å². The number of hydrogen-bond donors (Lipinski definition) is 2. The number of amides is 2. The van der Waals surface area contributed by atoms with Crippen LogP contribution in [0.3, 0.4) is 0 Å². The Hall–Kier alpha value is -1.26. The van der Waals surface area contributed by atoms with E-state index in [0.29, 0.717) is 5.41 Å². The van der Waals surface area contributed by atoms with E-state index >= 15 is 0 Å². The number of hydrogen-bond acceptors (Lipinski definition) is 2. The molecular weight excluding hydrogens is 232 g/mol. The number of nitrogens with one attached hydrogen (secondary N) is 1. The minimum absolute atomic E-state index is 0.138. The highest BCUT2D eigenvalue weighted by Crippen LogP contribution is 2.29. The molecule has 104 valence electrons. The normalized spacial score (nSPS) is 20.9. The van der Waals surface area contributed by atoms with E-state index in [0.717, 1.165) is 32.4 Å². The van der Waals surface area contributed by atoms with Crippen molar-refractivity contribution in [1.82, 2.24) is 10.2 Å². The van der Waals surface area contributed by atoms with Crippen LogP contribution in [0.25, 0.3) is 0 Å². The maximum absolute atomic E-state index is 11.9. The third kappa shape index (κ3) is 4.55. The smallest absolute Gasteiger partial charge is 0.317 e. The Labute approximate surface area is 109 Å². The summed E-state index contributed by atoms with van der Waals surface area (Å²) in [6.45, 7) is 7.74. The van der Waals surface area contributed by atoms with Gasteiger partial charge in [-0.1, -0.05) is 20.8 Å². The molecule has 1 unspecified atom stereocenters. The van der Waals surface area contributed by atoms with Crippen LogP contribution in [-0.2, 0) is 4.79 Å². The highest BCUT2D eigenvalue weighted by Gasteiger charge is 2.25. The third-order valence-electron chi connectivity index (χ3n) is 3.61. The van der Waals surface area contributed by atoms with Crippen molar-refractivity contribution in [2.45, 2.75) is 40.0 Å². The number of carboxylic acid groups (broad SMARTS) is 1. The van der Waals surface area contributed by atoms with Crippen molar-refractivity contribution in [3.63, 3.8) is 0 Å². The van der Waals surface area contributed by atoms with Gasteiger partial charge in [0, 0.05) is 19.6 Å². The Morgan fingerprint density at radius 3 is 2.61 bits per heavy atom. The SMILES string of the molecule is CC(CNC(=O)N1CCCC(C)(C)CC1)C(=O)O. The number of aliphatic carboxylic acids is 1. The van der Waals surface area contributed by atoms with Gasteiger partial charge in [0.05, 0.1) is 5.92 Å². The molecule has 0 bridgehead atoms. The number of carbonyl (C=O) groups is 2. The van der Waals surface area contributed by atoms with Gasteiger partial charge in [-0.15, -0.1) is 0 Å². The summed E-state index contributed by atoms with van der Waals surface area (Å²) in [6, 6.07) is -0.138. The highest BCUT2D eigenvalue weighted by molar-refractivity contribution is 5.75. The quantitative estimate of drug-likeness (QED) is 0.810. The number of carbonyl (C=O) groups excluding carboxylic acids is 1. The maximum atomic E-state index is 11.9. The van der Waals surface area contributed by atoms with Gasteiger partial charge in [-0.05, 0) is 24.7 Å². The summed E-state index contributed by atoms with van der Waals surface area (Å²) >= 11 is 0. The van der Waals surface area contributed by atoms with Crippen LogP contribution in [0.2, 0.25) is 0 Å². The molecular formula is C13H24N2O3. The lowest BCUT2D eigenvalue weighted by molar-refractivity contribution is -0.140. The van der Waals surface area contributed by atoms with Gasteiger partial charge in [0.15, 0.2) is 0 Å². The lowest BCUT2D eigenvalue weighted by Gasteiger charge is -2.24. The number of urea groups is 1. The van der Waals surface area contributed by atoms with Gasteiger partial charge in [0.1, 0.15) is 0 Å². The highest BCUT2D eigenvalue weighted by atomic mass is 16.4. The summed E-state index contributed by atoms with van der Waals surface area (Å²) in [5, 5.41) is 11.4. The molecule has 0 aromatic carbocycles. The zero-order chi connectivity index (χ0) is 13.8. The maximum Gasteiger partial charge on any atom is 0.317 e. The van der Waals surface area contributed by atoms with E-state index < -0.39 is 11.9 Å². The molecule has 18 heavy (non-hydrogen) atoms. The van der Waals surface area contributed by atoms with Gasteiger partial charge in [0.2, 0.25) is 0 Å². The monoisotopic (exact) mass is 256 g/mol. The van der Waals surface area contributed by atoms with Crippen molar-refractivity contribution < 1.29 is 14.7 Å². The van der Waals surface area contributed by atoms with E-state index in [2.05, 4.69) is 19.2 Å². The number of carboxylic acids is 1. The molecule has 1 aliphatic rings. The van der Waals surface area contributed by atoms with Crippen molar-refractivity contribution in [2.24, 2.45) is 11.3 Å². The van der Waals surface area contributed by atoms with E-state index in [-0.39, 0.29) is 12.6 Å². The molecule has 1 heterocycles. The van der Waals surface area contributed by atoms with Crippen molar-refractivity contribution >= 4 is 12.0 Å². The molecule has 0 aromatic rings. The van der Waals surface area contributed by atoms with Crippen LogP contribution >= 0.6 is 0 Å². The first-order valence-electron chi connectivity index (χ1n) is 6.57. The third-order valence-corrected chi connectivity index (χ3v) is 3.61. The van der Waals surface area contributed by atoms with Gasteiger partial charge in [-0.3, -0.25) is 4.79 Å². The van der Waals surface area contributed by atoms with E-state index in [4.69, 9.17) is 5.11 Å². The van der Waals surface area contributed by atoms with E-state index in [1.54, 1.807) is 11.8 Å². The van der Waals surface area contributed by atoms with Crippen molar-refractivity contribution in [3.8, 4) is 0 Å². The Balaban J connectivity index is 2.40. The molecule has 2 amide bonds. The number of nitrogens with zero attached hydrogens (tertiary/aromatic N) is 1. The average Bonchev–Trinajstić information content (AvgIpc) is 2.46. The molecule has 0 aromatic heterocycles. The molecule has 0 saturated carbocycles. The van der Waals surface area contributed by atoms with Crippen molar-refractivity contribution in [2.75, 3.05) is 19.6 Å². The molecule has 1 fully saturated rings. The first-order chi connectivity index (χ1) is 8.32. The molecule has 1 aliphatic heterocycles. The Bertz CT molecular complexity index is 315. The van der Waals surface area contributed by atoms with E-state index in [1.807, 2.05) is 0 Å². The predicted molar refractivity (Wildman–Crippen MR) is 69.4 cm³/mol. The Morgan fingerprint density at radius 2 is 2.00 bits per heavy atom. The molecule has 5 heteroatoms. The number of rotatable bonds is 3. The summed E-state index contributed by atoms with van der Waals surface area (Å²) < 4.78 is 0. The van der Waals surface area contributed by atoms with Crippen LogP contribution in [0, 0.1) is 11.3 Å². The van der Waals surface area contributed by atoms with Gasteiger partial charge < -0.3 is 15.3 Å². The fraction of sp³-hybridized carbons (Fsp3) is 0.846. The number of likely N-dealkylation sites (tertiary alicyclic amines) is 1. The molecule has 0 radical (unpaired) electrons. The first-order valence-corrected chi connectivity index (χ1v) is 6.57. The molecule has 1 rings (SSSR count). The van der Waals surface area contributed by atoms with E-state index in [9.17, 15) is 9.59 Å². The molecule has 0 spiro atoms. The minimum Gasteiger partial charge on any atom is -0.481 e. The summed E-state index contributed by atoms with van der Waals surface area (Å²) in [5.41, 5.74) is 0.295. The minimum atomic E-state index is -0.882. The van der Waals surface area contributed by atoms with Crippen molar-refractivity contribution in [1.29, 1.82) is 0 Å². The lowest BCUT2D eigenvalue weighted by Crippen LogP contribution is -2.43. The van der Waals surface area contributed by atoms with E-state index in [1.165, 1.54) is 0 Å². The van der Waals surface area contributed by atoms with Gasteiger partial charge in [-0.25, -0.2) is 4.79 Å². The van der Waals surface area contributed by atoms with Crippen molar-refractivity contribution in [3.05, 3.63) is 0 Å². The van der Waals surface area contributed by atoms with Gasteiger partial charge in [0.25, 0.3) is 0 Å². The largest absolute Gasteiger partial charge is 0.481 e. The second-order valence-electron chi connectivity index (χ2n) is 5.93. The zero-order valence-electron chi connectivity index (χ0n) is 11.5. The summed E-state index contributed by atoms with van der Waals surface area (Å²) in [5.74, 6) is -1.43. The molecule has 1 saturated heterocycles. The first kappa shape index (κ1) is 14.8. The Morgan fingerprint density at radius 1 is 1.33 bits per heavy atom. The standard InChI is InChI=1S/C13H24N2O3/c1-10(11(16)17)9-14-12(18)15-7-4-5-13(2,3)6-8-15/h10H,4-9H2,1-3H3,(H,14,18)(H,16,17). The fourth-order valence-electron chi connectivity index (χ4n) is 2.07. The Kier molecular flexibility index (Phi) is 4.99. The second-order valence-corrected chi connectivity index (χ2v) is 5.93. The predicted octanol–water partition coefficient (Wildman–Crippen LogP) is 1.93. The summed E-state index contributed by atoms with van der Waals surface area (Å²) in [4.78, 5) is 24.4. The molecule has 2 N–H and O–H groups in total. The molecule has 1 atom stereocenters. The van der Waals surface area contributed by atoms with Gasteiger partial charge >= 0.3 is 12.0 Å².